The first kappa shape index (κ1) is 11.1. The fraction of sp³-hybridized carbons (Fsp3) is 0.357. The topological polar surface area (TPSA) is 64.7 Å². The summed E-state index contributed by atoms with van der Waals surface area (Å²) in [5.74, 6) is 2.33. The monoisotopic (exact) mass is 240 g/mol. The third-order valence-electron chi connectivity index (χ3n) is 3.42. The molecule has 0 spiro atoms. The number of nitrogen functional groups attached to an aromatic ring is 1. The van der Waals surface area contributed by atoms with Crippen LogP contribution in [0, 0.1) is 0 Å². The Bertz CT molecular complexity index is 533. The number of rotatable bonds is 2. The van der Waals surface area contributed by atoms with E-state index in [1.807, 2.05) is 30.3 Å². The van der Waals surface area contributed by atoms with Crippen molar-refractivity contribution in [2.45, 2.75) is 31.6 Å². The van der Waals surface area contributed by atoms with Crippen molar-refractivity contribution in [3.63, 3.8) is 0 Å². The van der Waals surface area contributed by atoms with E-state index in [1.165, 1.54) is 12.8 Å². The summed E-state index contributed by atoms with van der Waals surface area (Å²) in [5.41, 5.74) is 6.79. The molecule has 2 aromatic rings. The summed E-state index contributed by atoms with van der Waals surface area (Å²) in [6, 6.07) is 9.92. The van der Waals surface area contributed by atoms with Gasteiger partial charge < -0.3 is 5.73 Å². The average molecular weight is 240 g/mol. The molecular weight excluding hydrogens is 224 g/mol. The highest BCUT2D eigenvalue weighted by Crippen LogP contribution is 2.32. The van der Waals surface area contributed by atoms with Crippen LogP contribution in [0.2, 0.25) is 0 Å². The maximum Gasteiger partial charge on any atom is 0.223 e. The van der Waals surface area contributed by atoms with Crippen LogP contribution in [0.1, 0.15) is 37.4 Å². The Balaban J connectivity index is 2.00. The smallest absolute Gasteiger partial charge is 0.223 e. The lowest BCUT2D eigenvalue weighted by atomic mass is 10.1. The van der Waals surface area contributed by atoms with Crippen molar-refractivity contribution >= 4 is 5.95 Å². The van der Waals surface area contributed by atoms with Gasteiger partial charge in [0.05, 0.1) is 0 Å². The Morgan fingerprint density at radius 2 is 1.67 bits per heavy atom. The quantitative estimate of drug-likeness (QED) is 0.876. The molecule has 2 N–H and O–H groups in total. The average Bonchev–Trinajstić information content (AvgIpc) is 2.93. The Hall–Kier alpha value is -1.97. The maximum absolute atomic E-state index is 5.80. The molecule has 0 unspecified atom stereocenters. The van der Waals surface area contributed by atoms with Crippen molar-refractivity contribution in [3.8, 4) is 11.4 Å². The van der Waals surface area contributed by atoms with Crippen LogP contribution in [0.15, 0.2) is 30.3 Å². The highest BCUT2D eigenvalue weighted by molar-refractivity contribution is 5.55. The molecule has 0 radical (unpaired) electrons. The lowest BCUT2D eigenvalue weighted by molar-refractivity contribution is 0.665. The first-order valence-electron chi connectivity index (χ1n) is 6.40. The SMILES string of the molecule is Nc1nc(-c2ccccc2)nc(C2CCCC2)n1. The number of benzene rings is 1. The van der Waals surface area contributed by atoms with Crippen LogP contribution in [0.5, 0.6) is 0 Å². The highest BCUT2D eigenvalue weighted by Gasteiger charge is 2.21. The van der Waals surface area contributed by atoms with E-state index in [2.05, 4.69) is 15.0 Å². The van der Waals surface area contributed by atoms with Crippen molar-refractivity contribution in [1.82, 2.24) is 15.0 Å². The van der Waals surface area contributed by atoms with Gasteiger partial charge in [-0.3, -0.25) is 0 Å². The molecule has 1 aromatic carbocycles. The van der Waals surface area contributed by atoms with Gasteiger partial charge in [-0.1, -0.05) is 43.2 Å². The predicted molar refractivity (Wildman–Crippen MR) is 70.9 cm³/mol. The van der Waals surface area contributed by atoms with Crippen molar-refractivity contribution in [2.24, 2.45) is 0 Å². The zero-order valence-corrected chi connectivity index (χ0v) is 10.2. The largest absolute Gasteiger partial charge is 0.368 e. The van der Waals surface area contributed by atoms with Gasteiger partial charge in [0.15, 0.2) is 5.82 Å². The van der Waals surface area contributed by atoms with Crippen molar-refractivity contribution in [3.05, 3.63) is 36.2 Å². The molecule has 4 nitrogen and oxygen atoms in total. The highest BCUT2D eigenvalue weighted by atomic mass is 15.1. The normalized spacial score (nSPS) is 16.0. The minimum Gasteiger partial charge on any atom is -0.368 e. The Kier molecular flexibility index (Phi) is 2.92. The summed E-state index contributed by atoms with van der Waals surface area (Å²) in [6.07, 6.45) is 4.85. The molecule has 92 valence electrons. The van der Waals surface area contributed by atoms with Gasteiger partial charge in [0.1, 0.15) is 5.82 Å². The van der Waals surface area contributed by atoms with Crippen LogP contribution in [0.3, 0.4) is 0 Å². The number of nitrogens with two attached hydrogens (primary N) is 1. The number of hydrogen-bond donors (Lipinski definition) is 1. The molecule has 0 aliphatic heterocycles. The summed E-state index contributed by atoms with van der Waals surface area (Å²) >= 11 is 0. The second-order valence-corrected chi connectivity index (χ2v) is 4.72. The van der Waals surface area contributed by atoms with E-state index in [4.69, 9.17) is 5.73 Å². The maximum atomic E-state index is 5.80. The number of anilines is 1. The predicted octanol–water partition coefficient (Wildman–Crippen LogP) is 2.78. The van der Waals surface area contributed by atoms with Gasteiger partial charge >= 0.3 is 0 Å². The van der Waals surface area contributed by atoms with Crippen molar-refractivity contribution < 1.29 is 0 Å². The van der Waals surface area contributed by atoms with E-state index in [0.717, 1.165) is 24.2 Å². The minimum absolute atomic E-state index is 0.325. The Labute approximate surface area is 106 Å². The molecule has 1 aromatic heterocycles. The van der Waals surface area contributed by atoms with Crippen LogP contribution >= 0.6 is 0 Å². The molecule has 18 heavy (non-hydrogen) atoms. The fourth-order valence-electron chi connectivity index (χ4n) is 2.49. The van der Waals surface area contributed by atoms with Gasteiger partial charge in [0.2, 0.25) is 5.95 Å². The summed E-state index contributed by atoms with van der Waals surface area (Å²) < 4.78 is 0. The molecule has 0 atom stereocenters. The fourth-order valence-corrected chi connectivity index (χ4v) is 2.49. The number of aromatic nitrogens is 3. The molecule has 1 aliphatic rings. The molecule has 1 aliphatic carbocycles. The van der Waals surface area contributed by atoms with E-state index >= 15 is 0 Å². The molecule has 0 amide bonds. The summed E-state index contributed by atoms with van der Waals surface area (Å²) in [6.45, 7) is 0. The van der Waals surface area contributed by atoms with E-state index in [0.29, 0.717) is 17.7 Å². The van der Waals surface area contributed by atoms with Crippen LogP contribution in [0.4, 0.5) is 5.95 Å². The number of nitrogens with zero attached hydrogens (tertiary/aromatic N) is 3. The minimum atomic E-state index is 0.325. The van der Waals surface area contributed by atoms with E-state index in [9.17, 15) is 0 Å². The van der Waals surface area contributed by atoms with Crippen molar-refractivity contribution in [2.75, 3.05) is 5.73 Å². The first-order valence-corrected chi connectivity index (χ1v) is 6.40. The molecule has 1 saturated carbocycles. The molecule has 0 bridgehead atoms. The second-order valence-electron chi connectivity index (χ2n) is 4.72. The summed E-state index contributed by atoms with van der Waals surface area (Å²) in [7, 11) is 0. The van der Waals surface area contributed by atoms with E-state index in [1.54, 1.807) is 0 Å². The lowest BCUT2D eigenvalue weighted by Gasteiger charge is -2.09. The van der Waals surface area contributed by atoms with E-state index in [-0.39, 0.29) is 0 Å². The first-order chi connectivity index (χ1) is 8.83. The zero-order valence-electron chi connectivity index (χ0n) is 10.2. The second kappa shape index (κ2) is 4.72. The van der Waals surface area contributed by atoms with Gasteiger partial charge in [-0.05, 0) is 12.8 Å². The molecular formula is C14H16N4. The third-order valence-corrected chi connectivity index (χ3v) is 3.42. The van der Waals surface area contributed by atoms with Crippen LogP contribution in [0.25, 0.3) is 11.4 Å². The molecule has 4 heteroatoms. The van der Waals surface area contributed by atoms with Crippen molar-refractivity contribution in [1.29, 1.82) is 0 Å². The Morgan fingerprint density at radius 1 is 0.944 bits per heavy atom. The van der Waals surface area contributed by atoms with Crippen LogP contribution in [-0.4, -0.2) is 15.0 Å². The molecule has 0 saturated heterocycles. The van der Waals surface area contributed by atoms with Crippen LogP contribution < -0.4 is 5.73 Å². The zero-order chi connectivity index (χ0) is 12.4. The van der Waals surface area contributed by atoms with E-state index < -0.39 is 0 Å². The molecule has 1 fully saturated rings. The molecule has 3 rings (SSSR count). The van der Waals surface area contributed by atoms with Gasteiger partial charge in [0, 0.05) is 11.5 Å². The van der Waals surface area contributed by atoms with Crippen LogP contribution in [-0.2, 0) is 0 Å². The third kappa shape index (κ3) is 2.18. The van der Waals surface area contributed by atoms with Gasteiger partial charge in [0.25, 0.3) is 0 Å². The van der Waals surface area contributed by atoms with Gasteiger partial charge in [-0.25, -0.2) is 4.98 Å². The summed E-state index contributed by atoms with van der Waals surface area (Å²) in [4.78, 5) is 13.1. The molecule has 1 heterocycles. The number of hydrogen-bond acceptors (Lipinski definition) is 4. The lowest BCUT2D eigenvalue weighted by Crippen LogP contribution is -2.07. The standard InChI is InChI=1S/C14H16N4/c15-14-17-12(10-6-2-1-3-7-10)16-13(18-14)11-8-4-5-9-11/h1-3,6-7,11H,4-5,8-9H2,(H2,15,16,17,18). The Morgan fingerprint density at radius 3 is 2.39 bits per heavy atom. The van der Waals surface area contributed by atoms with Gasteiger partial charge in [-0.15, -0.1) is 0 Å². The summed E-state index contributed by atoms with van der Waals surface area (Å²) in [5, 5.41) is 0. The van der Waals surface area contributed by atoms with Gasteiger partial charge in [-0.2, -0.15) is 9.97 Å².